The second-order valence-electron chi connectivity index (χ2n) is 8.34. The predicted octanol–water partition coefficient (Wildman–Crippen LogP) is 4.59. The van der Waals surface area contributed by atoms with Crippen molar-refractivity contribution in [3.05, 3.63) is 52.5 Å². The van der Waals surface area contributed by atoms with Crippen LogP contribution in [-0.4, -0.2) is 74.6 Å². The number of hydrogen-bond donors (Lipinski definition) is 0. The molecule has 1 aliphatic rings. The maximum Gasteiger partial charge on any atom is 0.263 e. The van der Waals surface area contributed by atoms with Crippen LogP contribution in [0.1, 0.15) is 6.92 Å². The van der Waals surface area contributed by atoms with Gasteiger partial charge in [-0.2, -0.15) is 0 Å². The fourth-order valence-corrected chi connectivity index (χ4v) is 4.55. The van der Waals surface area contributed by atoms with Crippen LogP contribution in [0.4, 0.5) is 5.82 Å². The molecular formula is C26H28Cl2N4O5. The quantitative estimate of drug-likeness (QED) is 0.405. The standard InChI is InChI=1S/C26H28Cl2N4O5/c1-16(37-21-7-5-18(27)15-19(21)28)26(33)32-11-9-31(10-12-32)24-8-6-20(29-30-24)17-13-22(34-2)25(36-4)23(14-17)35-3/h5-8,13-16H,9-12H2,1-4H3. The average molecular weight is 547 g/mol. The minimum atomic E-state index is -0.678. The van der Waals surface area contributed by atoms with Crippen molar-refractivity contribution in [2.24, 2.45) is 0 Å². The van der Waals surface area contributed by atoms with E-state index in [-0.39, 0.29) is 5.91 Å². The molecule has 0 saturated carbocycles. The highest BCUT2D eigenvalue weighted by atomic mass is 35.5. The first-order chi connectivity index (χ1) is 17.8. The number of methoxy groups -OCH3 is 3. The number of piperazine rings is 1. The van der Waals surface area contributed by atoms with Gasteiger partial charge in [-0.25, -0.2) is 0 Å². The van der Waals surface area contributed by atoms with E-state index in [9.17, 15) is 4.79 Å². The lowest BCUT2D eigenvalue weighted by Gasteiger charge is -2.36. The summed E-state index contributed by atoms with van der Waals surface area (Å²) in [6.07, 6.45) is -0.678. The molecule has 9 nitrogen and oxygen atoms in total. The summed E-state index contributed by atoms with van der Waals surface area (Å²) in [5, 5.41) is 9.70. The van der Waals surface area contributed by atoms with Crippen LogP contribution < -0.4 is 23.8 Å². The molecule has 196 valence electrons. The smallest absolute Gasteiger partial charge is 0.263 e. The van der Waals surface area contributed by atoms with Crippen molar-refractivity contribution < 1.29 is 23.7 Å². The molecular weight excluding hydrogens is 519 g/mol. The minimum Gasteiger partial charge on any atom is -0.493 e. The average Bonchev–Trinajstić information content (AvgIpc) is 2.93. The number of nitrogens with zero attached hydrogens (tertiary/aromatic N) is 4. The van der Waals surface area contributed by atoms with E-state index in [1.54, 1.807) is 51.4 Å². The molecule has 1 aliphatic heterocycles. The summed E-state index contributed by atoms with van der Waals surface area (Å²) in [5.41, 5.74) is 1.46. The lowest BCUT2D eigenvalue weighted by atomic mass is 10.1. The maximum atomic E-state index is 12.9. The Bertz CT molecular complexity index is 1230. The molecule has 0 spiro atoms. The van der Waals surface area contributed by atoms with Crippen LogP contribution in [0.2, 0.25) is 10.0 Å². The predicted molar refractivity (Wildman–Crippen MR) is 142 cm³/mol. The van der Waals surface area contributed by atoms with E-state index in [2.05, 4.69) is 15.1 Å². The first-order valence-corrected chi connectivity index (χ1v) is 12.4. The minimum absolute atomic E-state index is 0.102. The Balaban J connectivity index is 1.38. The van der Waals surface area contributed by atoms with Gasteiger partial charge in [0.1, 0.15) is 5.75 Å². The molecule has 0 bridgehead atoms. The Morgan fingerprint density at radius 3 is 2.08 bits per heavy atom. The first-order valence-electron chi connectivity index (χ1n) is 11.6. The van der Waals surface area contributed by atoms with Gasteiger partial charge < -0.3 is 28.7 Å². The van der Waals surface area contributed by atoms with Crippen LogP contribution in [0.25, 0.3) is 11.3 Å². The van der Waals surface area contributed by atoms with Gasteiger partial charge in [-0.15, -0.1) is 10.2 Å². The van der Waals surface area contributed by atoms with Gasteiger partial charge in [0.15, 0.2) is 23.4 Å². The SMILES string of the molecule is COc1cc(-c2ccc(N3CCN(C(=O)C(C)Oc4ccc(Cl)cc4Cl)CC3)nn2)cc(OC)c1OC. The number of halogens is 2. The molecule has 37 heavy (non-hydrogen) atoms. The molecule has 0 aliphatic carbocycles. The second-order valence-corrected chi connectivity index (χ2v) is 9.18. The van der Waals surface area contributed by atoms with Crippen LogP contribution in [0.3, 0.4) is 0 Å². The van der Waals surface area contributed by atoms with Crippen molar-refractivity contribution >= 4 is 34.9 Å². The molecule has 11 heteroatoms. The zero-order chi connectivity index (χ0) is 26.5. The second kappa shape index (κ2) is 11.7. The van der Waals surface area contributed by atoms with Gasteiger partial charge >= 0.3 is 0 Å². The zero-order valence-electron chi connectivity index (χ0n) is 21.0. The first kappa shape index (κ1) is 26.6. The number of rotatable bonds is 8. The van der Waals surface area contributed by atoms with Gasteiger partial charge in [0.2, 0.25) is 5.75 Å². The van der Waals surface area contributed by atoms with Gasteiger partial charge in [0.05, 0.1) is 32.0 Å². The van der Waals surface area contributed by atoms with E-state index in [1.807, 2.05) is 24.3 Å². The number of benzene rings is 2. The molecule has 1 unspecified atom stereocenters. The molecule has 2 aromatic carbocycles. The van der Waals surface area contributed by atoms with E-state index in [1.165, 1.54) is 0 Å². The van der Waals surface area contributed by atoms with Crippen molar-refractivity contribution in [2.45, 2.75) is 13.0 Å². The Morgan fingerprint density at radius 2 is 1.54 bits per heavy atom. The molecule has 3 aromatic rings. The number of carbonyl (C=O) groups is 1. The monoisotopic (exact) mass is 546 g/mol. The summed E-state index contributed by atoms with van der Waals surface area (Å²) in [4.78, 5) is 16.8. The maximum absolute atomic E-state index is 12.9. The highest BCUT2D eigenvalue weighted by molar-refractivity contribution is 6.35. The van der Waals surface area contributed by atoms with Crippen LogP contribution in [0, 0.1) is 0 Å². The normalized spacial score (nSPS) is 14.2. The zero-order valence-corrected chi connectivity index (χ0v) is 22.5. The molecule has 1 amide bonds. The van der Waals surface area contributed by atoms with Gasteiger partial charge in [0.25, 0.3) is 5.91 Å². The van der Waals surface area contributed by atoms with Gasteiger partial charge in [-0.1, -0.05) is 23.2 Å². The van der Waals surface area contributed by atoms with Gasteiger partial charge in [-0.05, 0) is 49.4 Å². The summed E-state index contributed by atoms with van der Waals surface area (Å²) in [5.74, 6) is 2.66. The van der Waals surface area contributed by atoms with E-state index < -0.39 is 6.10 Å². The van der Waals surface area contributed by atoms with Crippen LogP contribution >= 0.6 is 23.2 Å². The van der Waals surface area contributed by atoms with Crippen LogP contribution in [0.15, 0.2) is 42.5 Å². The Morgan fingerprint density at radius 1 is 0.865 bits per heavy atom. The highest BCUT2D eigenvalue weighted by Crippen LogP contribution is 2.40. The largest absolute Gasteiger partial charge is 0.493 e. The number of carbonyl (C=O) groups excluding carboxylic acids is 1. The molecule has 1 atom stereocenters. The van der Waals surface area contributed by atoms with Crippen molar-refractivity contribution in [1.29, 1.82) is 0 Å². The summed E-state index contributed by atoms with van der Waals surface area (Å²) >= 11 is 12.1. The topological polar surface area (TPSA) is 86.3 Å². The third kappa shape index (κ3) is 5.94. The number of ether oxygens (including phenoxy) is 4. The summed E-state index contributed by atoms with van der Waals surface area (Å²) in [6.45, 7) is 4.04. The molecule has 1 aromatic heterocycles. The summed E-state index contributed by atoms with van der Waals surface area (Å²) in [6, 6.07) is 12.4. The van der Waals surface area contributed by atoms with E-state index in [0.29, 0.717) is 64.9 Å². The highest BCUT2D eigenvalue weighted by Gasteiger charge is 2.27. The fraction of sp³-hybridized carbons (Fsp3) is 0.346. The molecule has 4 rings (SSSR count). The van der Waals surface area contributed by atoms with E-state index in [4.69, 9.17) is 42.1 Å². The third-order valence-electron chi connectivity index (χ3n) is 6.07. The number of amides is 1. The summed E-state index contributed by atoms with van der Waals surface area (Å²) < 4.78 is 22.0. The number of aromatic nitrogens is 2. The molecule has 1 saturated heterocycles. The molecule has 2 heterocycles. The van der Waals surface area contributed by atoms with Crippen molar-refractivity contribution in [3.8, 4) is 34.3 Å². The Kier molecular flexibility index (Phi) is 8.45. The molecule has 0 N–H and O–H groups in total. The van der Waals surface area contributed by atoms with Crippen LogP contribution in [-0.2, 0) is 4.79 Å². The fourth-order valence-electron chi connectivity index (χ4n) is 4.10. The van der Waals surface area contributed by atoms with E-state index >= 15 is 0 Å². The lowest BCUT2D eigenvalue weighted by Crippen LogP contribution is -2.52. The van der Waals surface area contributed by atoms with Gasteiger partial charge in [0, 0.05) is 36.8 Å². The lowest BCUT2D eigenvalue weighted by molar-refractivity contribution is -0.138. The number of anilines is 1. The number of hydrogen-bond acceptors (Lipinski definition) is 8. The van der Waals surface area contributed by atoms with Crippen LogP contribution in [0.5, 0.6) is 23.0 Å². The van der Waals surface area contributed by atoms with Crippen molar-refractivity contribution in [3.63, 3.8) is 0 Å². The van der Waals surface area contributed by atoms with Gasteiger partial charge in [-0.3, -0.25) is 4.79 Å². The molecule has 1 fully saturated rings. The van der Waals surface area contributed by atoms with Crippen molar-refractivity contribution in [2.75, 3.05) is 52.4 Å². The van der Waals surface area contributed by atoms with E-state index in [0.717, 1.165) is 11.4 Å². The Labute approximate surface area is 225 Å². The third-order valence-corrected chi connectivity index (χ3v) is 6.60. The molecule has 0 radical (unpaired) electrons. The van der Waals surface area contributed by atoms with Crippen molar-refractivity contribution in [1.82, 2.24) is 15.1 Å². The summed E-state index contributed by atoms with van der Waals surface area (Å²) in [7, 11) is 4.70. The Hall–Kier alpha value is -3.43.